The van der Waals surface area contributed by atoms with Crippen molar-refractivity contribution in [3.8, 4) is 11.1 Å². The van der Waals surface area contributed by atoms with Crippen LogP contribution < -0.4 is 5.32 Å². The normalized spacial score (nSPS) is 12.1. The number of hydrogen-bond donors (Lipinski definition) is 1. The number of rotatable bonds is 4. The first-order chi connectivity index (χ1) is 11.0. The molecule has 0 fully saturated rings. The van der Waals surface area contributed by atoms with Crippen molar-refractivity contribution in [3.63, 3.8) is 0 Å². The van der Waals surface area contributed by atoms with Crippen LogP contribution in [-0.2, 0) is 0 Å². The zero-order valence-electron chi connectivity index (χ0n) is 12.2. The van der Waals surface area contributed by atoms with Crippen LogP contribution in [-0.4, -0.2) is 5.91 Å². The molecule has 23 heavy (non-hydrogen) atoms. The lowest BCUT2D eigenvalue weighted by molar-refractivity contribution is 0.0945. The Hall–Kier alpha value is -1.69. The molecule has 3 rings (SSSR count). The second-order valence-electron chi connectivity index (χ2n) is 5.01. The summed E-state index contributed by atoms with van der Waals surface area (Å²) in [7, 11) is 0. The van der Waals surface area contributed by atoms with Gasteiger partial charge < -0.3 is 5.32 Å². The van der Waals surface area contributed by atoms with Gasteiger partial charge in [0.05, 0.1) is 15.3 Å². The molecule has 1 atom stereocenters. The lowest BCUT2D eigenvalue weighted by atomic mass is 10.1. The fourth-order valence-corrected chi connectivity index (χ4v) is 4.12. The van der Waals surface area contributed by atoms with E-state index in [0.29, 0.717) is 9.21 Å². The summed E-state index contributed by atoms with van der Waals surface area (Å²) in [5.74, 6) is -0.436. The van der Waals surface area contributed by atoms with E-state index in [9.17, 15) is 9.18 Å². The molecule has 0 saturated carbocycles. The summed E-state index contributed by atoms with van der Waals surface area (Å²) < 4.78 is 13.8. The van der Waals surface area contributed by atoms with Gasteiger partial charge in [-0.05, 0) is 48.2 Å². The first-order valence-corrected chi connectivity index (χ1v) is 9.01. The monoisotopic (exact) mass is 365 g/mol. The molecule has 2 aromatic heterocycles. The second-order valence-corrected chi connectivity index (χ2v) is 7.67. The minimum Gasteiger partial charge on any atom is -0.344 e. The Morgan fingerprint density at radius 2 is 1.91 bits per heavy atom. The molecule has 2 nitrogen and oxygen atoms in total. The summed E-state index contributed by atoms with van der Waals surface area (Å²) in [6.07, 6.45) is 0. The average molecular weight is 366 g/mol. The summed E-state index contributed by atoms with van der Waals surface area (Å²) >= 11 is 8.76. The predicted octanol–water partition coefficient (Wildman–Crippen LogP) is 5.76. The molecule has 0 aliphatic heterocycles. The summed E-state index contributed by atoms with van der Waals surface area (Å²) in [4.78, 5) is 14.2. The van der Waals surface area contributed by atoms with Crippen LogP contribution in [0.5, 0.6) is 0 Å². The van der Waals surface area contributed by atoms with E-state index in [1.165, 1.54) is 34.8 Å². The van der Waals surface area contributed by atoms with Crippen LogP contribution in [0, 0.1) is 5.82 Å². The summed E-state index contributed by atoms with van der Waals surface area (Å²) in [6, 6.07) is 11.6. The zero-order valence-corrected chi connectivity index (χ0v) is 14.6. The maximum Gasteiger partial charge on any atom is 0.262 e. The number of benzene rings is 1. The standard InChI is InChI=1S/C17H13ClFNOS2/c1-10(14-6-7-15(18)23-14)20-17(21)16-13(8-9-22-16)11-2-4-12(19)5-3-11/h2-10H,1H3,(H,20,21)/t10-/m1/s1. The lowest BCUT2D eigenvalue weighted by Gasteiger charge is -2.12. The summed E-state index contributed by atoms with van der Waals surface area (Å²) in [5.41, 5.74) is 1.63. The van der Waals surface area contributed by atoms with E-state index in [-0.39, 0.29) is 17.8 Å². The third-order valence-corrected chi connectivity index (χ3v) is 5.72. The van der Waals surface area contributed by atoms with Crippen LogP contribution in [0.25, 0.3) is 11.1 Å². The van der Waals surface area contributed by atoms with Gasteiger partial charge in [-0.25, -0.2) is 4.39 Å². The van der Waals surface area contributed by atoms with Gasteiger partial charge in [0.2, 0.25) is 0 Å². The minimum absolute atomic E-state index is 0.122. The zero-order chi connectivity index (χ0) is 16.4. The molecule has 118 valence electrons. The van der Waals surface area contributed by atoms with Crippen molar-refractivity contribution in [2.24, 2.45) is 0 Å². The van der Waals surface area contributed by atoms with Crippen LogP contribution >= 0.6 is 34.3 Å². The Bertz CT molecular complexity index is 825. The number of carbonyl (C=O) groups is 1. The highest BCUT2D eigenvalue weighted by Crippen LogP contribution is 2.30. The van der Waals surface area contributed by atoms with Crippen LogP contribution in [0.1, 0.15) is 27.5 Å². The molecule has 2 heterocycles. The van der Waals surface area contributed by atoms with Gasteiger partial charge in [0.15, 0.2) is 0 Å². The molecule has 0 aliphatic rings. The third-order valence-electron chi connectivity index (χ3n) is 3.40. The first kappa shape index (κ1) is 16.2. The highest BCUT2D eigenvalue weighted by molar-refractivity contribution is 7.16. The van der Waals surface area contributed by atoms with E-state index >= 15 is 0 Å². The molecule has 0 radical (unpaired) electrons. The molecule has 0 saturated heterocycles. The van der Waals surface area contributed by atoms with Crippen molar-refractivity contribution in [1.29, 1.82) is 0 Å². The average Bonchev–Trinajstić information content (AvgIpc) is 3.17. The molecular formula is C17H13ClFNOS2. The number of carbonyl (C=O) groups excluding carboxylic acids is 1. The van der Waals surface area contributed by atoms with E-state index in [2.05, 4.69) is 5.32 Å². The molecule has 6 heteroatoms. The largest absolute Gasteiger partial charge is 0.344 e. The first-order valence-electron chi connectivity index (χ1n) is 6.94. The van der Waals surface area contributed by atoms with E-state index in [4.69, 9.17) is 11.6 Å². The number of thiophene rings is 2. The van der Waals surface area contributed by atoms with E-state index in [0.717, 1.165) is 16.0 Å². The number of nitrogens with one attached hydrogen (secondary N) is 1. The minimum atomic E-state index is -0.293. The molecule has 1 N–H and O–H groups in total. The van der Waals surface area contributed by atoms with E-state index in [1.807, 2.05) is 30.5 Å². The molecule has 1 amide bonds. The lowest BCUT2D eigenvalue weighted by Crippen LogP contribution is -2.25. The fraction of sp³-hybridized carbons (Fsp3) is 0.118. The predicted molar refractivity (Wildman–Crippen MR) is 94.9 cm³/mol. The second kappa shape index (κ2) is 6.83. The van der Waals surface area contributed by atoms with Crippen LogP contribution in [0.15, 0.2) is 47.8 Å². The Kier molecular flexibility index (Phi) is 4.80. The maximum atomic E-state index is 13.1. The van der Waals surface area contributed by atoms with Crippen molar-refractivity contribution >= 4 is 40.2 Å². The van der Waals surface area contributed by atoms with Gasteiger partial charge in [0.1, 0.15) is 5.82 Å². The van der Waals surface area contributed by atoms with Crippen LogP contribution in [0.2, 0.25) is 4.34 Å². The Labute approximate surface area is 146 Å². The third kappa shape index (κ3) is 3.63. The molecule has 0 aliphatic carbocycles. The number of halogens is 2. The van der Waals surface area contributed by atoms with Gasteiger partial charge in [-0.1, -0.05) is 23.7 Å². The summed E-state index contributed by atoms with van der Waals surface area (Å²) in [5, 5.41) is 4.84. The van der Waals surface area contributed by atoms with Crippen molar-refractivity contribution in [3.05, 3.63) is 67.8 Å². The highest BCUT2D eigenvalue weighted by atomic mass is 35.5. The van der Waals surface area contributed by atoms with Gasteiger partial charge in [0, 0.05) is 10.4 Å². The van der Waals surface area contributed by atoms with Crippen LogP contribution in [0.3, 0.4) is 0 Å². The van der Waals surface area contributed by atoms with Crippen LogP contribution in [0.4, 0.5) is 4.39 Å². The number of hydrogen-bond acceptors (Lipinski definition) is 3. The van der Waals surface area contributed by atoms with Gasteiger partial charge in [-0.3, -0.25) is 4.79 Å². The molecular weight excluding hydrogens is 353 g/mol. The topological polar surface area (TPSA) is 29.1 Å². The molecule has 0 spiro atoms. The Balaban J connectivity index is 1.81. The SMILES string of the molecule is C[C@@H](NC(=O)c1sccc1-c1ccc(F)cc1)c1ccc(Cl)s1. The van der Waals surface area contributed by atoms with E-state index < -0.39 is 0 Å². The molecule has 3 aromatic rings. The Morgan fingerprint density at radius 1 is 1.17 bits per heavy atom. The summed E-state index contributed by atoms with van der Waals surface area (Å²) in [6.45, 7) is 1.92. The van der Waals surface area contributed by atoms with Crippen molar-refractivity contribution in [1.82, 2.24) is 5.32 Å². The fourth-order valence-electron chi connectivity index (χ4n) is 2.24. The highest BCUT2D eigenvalue weighted by Gasteiger charge is 2.18. The van der Waals surface area contributed by atoms with Gasteiger partial charge in [-0.15, -0.1) is 22.7 Å². The van der Waals surface area contributed by atoms with Crippen molar-refractivity contribution in [2.75, 3.05) is 0 Å². The quantitative estimate of drug-likeness (QED) is 0.625. The maximum absolute atomic E-state index is 13.1. The van der Waals surface area contributed by atoms with E-state index in [1.54, 1.807) is 12.1 Å². The van der Waals surface area contributed by atoms with Gasteiger partial charge in [0.25, 0.3) is 5.91 Å². The smallest absolute Gasteiger partial charge is 0.262 e. The van der Waals surface area contributed by atoms with Crippen molar-refractivity contribution < 1.29 is 9.18 Å². The molecule has 1 aromatic carbocycles. The van der Waals surface area contributed by atoms with Crippen molar-refractivity contribution in [2.45, 2.75) is 13.0 Å². The Morgan fingerprint density at radius 3 is 2.57 bits per heavy atom. The molecule has 0 bridgehead atoms. The number of amides is 1. The van der Waals surface area contributed by atoms with Gasteiger partial charge in [-0.2, -0.15) is 0 Å². The van der Waals surface area contributed by atoms with Gasteiger partial charge >= 0.3 is 0 Å². The molecule has 0 unspecified atom stereocenters.